The Bertz CT molecular complexity index is 1280. The molecule has 0 fully saturated rings. The second-order valence-corrected chi connectivity index (χ2v) is 7.77. The van der Waals surface area contributed by atoms with Crippen LogP contribution < -0.4 is 26.3 Å². The van der Waals surface area contributed by atoms with Gasteiger partial charge in [-0.1, -0.05) is 24.3 Å². The first kappa shape index (κ1) is 23.1. The number of hydrogen-bond acceptors (Lipinski definition) is 1. The van der Waals surface area contributed by atoms with Crippen LogP contribution >= 0.6 is 0 Å². The largest absolute Gasteiger partial charge is 1.00 e. The average molecular weight is 515 g/mol. The van der Waals surface area contributed by atoms with Gasteiger partial charge in [0.25, 0.3) is 5.82 Å². The van der Waals surface area contributed by atoms with Gasteiger partial charge in [-0.15, -0.1) is 0 Å². The zero-order valence-electron chi connectivity index (χ0n) is 17.9. The molecule has 0 saturated carbocycles. The van der Waals surface area contributed by atoms with Gasteiger partial charge in [0, 0.05) is 5.56 Å². The Labute approximate surface area is 200 Å². The normalized spacial score (nSPS) is 12.5. The zero-order chi connectivity index (χ0) is 22.3. The number of imidazole rings is 1. The van der Waals surface area contributed by atoms with Gasteiger partial charge >= 0.3 is 6.18 Å². The van der Waals surface area contributed by atoms with E-state index >= 15 is 0 Å². The van der Waals surface area contributed by atoms with Crippen LogP contribution in [0.5, 0.6) is 5.75 Å². The number of rotatable bonds is 4. The van der Waals surface area contributed by atoms with Crippen LogP contribution in [-0.2, 0) is 19.0 Å². The molecule has 3 aromatic carbocycles. The summed E-state index contributed by atoms with van der Waals surface area (Å²) in [4.78, 5) is 0. The molecule has 2 heterocycles. The maximum absolute atomic E-state index is 13.5. The Hall–Kier alpha value is -3.06. The van der Waals surface area contributed by atoms with Gasteiger partial charge in [0.1, 0.15) is 23.3 Å². The van der Waals surface area contributed by atoms with Gasteiger partial charge in [-0.05, 0) is 67.4 Å². The highest BCUT2D eigenvalue weighted by Gasteiger charge is 2.34. The summed E-state index contributed by atoms with van der Waals surface area (Å²) < 4.78 is 50.0. The second kappa shape index (κ2) is 9.06. The van der Waals surface area contributed by atoms with E-state index in [1.807, 2.05) is 54.1 Å². The van der Waals surface area contributed by atoms with Gasteiger partial charge in [-0.25, -0.2) is 0 Å². The van der Waals surface area contributed by atoms with Crippen molar-refractivity contribution >= 4 is 0 Å². The van der Waals surface area contributed by atoms with Crippen LogP contribution in [0, 0.1) is 0 Å². The molecule has 0 N–H and O–H groups in total. The van der Waals surface area contributed by atoms with Crippen molar-refractivity contribution in [1.29, 1.82) is 0 Å². The second-order valence-electron chi connectivity index (χ2n) is 7.77. The summed E-state index contributed by atoms with van der Waals surface area (Å²) in [6, 6.07) is 21.4. The quantitative estimate of drug-likeness (QED) is 0.383. The van der Waals surface area contributed by atoms with Crippen molar-refractivity contribution in [1.82, 2.24) is 4.57 Å². The maximum atomic E-state index is 13.5. The lowest BCUT2D eigenvalue weighted by Gasteiger charge is -2.14. The Balaban J connectivity index is 0.00000259. The number of ether oxygens (including phenoxy) is 1. The Kier molecular flexibility index (Phi) is 6.34. The molecule has 4 aromatic rings. The van der Waals surface area contributed by atoms with Crippen LogP contribution in [0.3, 0.4) is 0 Å². The number of aromatic nitrogens is 2. The molecule has 0 amide bonds. The Morgan fingerprint density at radius 1 is 0.939 bits per heavy atom. The van der Waals surface area contributed by atoms with Crippen molar-refractivity contribution in [2.45, 2.75) is 25.9 Å². The summed E-state index contributed by atoms with van der Waals surface area (Å²) in [5, 5.41) is 0. The summed E-state index contributed by atoms with van der Waals surface area (Å²) in [5.41, 5.74) is 3.87. The summed E-state index contributed by atoms with van der Waals surface area (Å²) in [6.45, 7) is 2.50. The van der Waals surface area contributed by atoms with E-state index in [0.717, 1.165) is 47.4 Å². The number of alkyl halides is 3. The number of nitrogens with zero attached hydrogens (tertiary/aromatic N) is 2. The van der Waals surface area contributed by atoms with Crippen molar-refractivity contribution in [3.63, 3.8) is 0 Å². The molecule has 5 rings (SSSR count). The molecule has 3 nitrogen and oxygen atoms in total. The monoisotopic (exact) mass is 514 g/mol. The molecule has 7 heteroatoms. The molecule has 1 aliphatic rings. The Morgan fingerprint density at radius 2 is 1.70 bits per heavy atom. The van der Waals surface area contributed by atoms with E-state index in [4.69, 9.17) is 4.74 Å². The minimum absolute atomic E-state index is 0. The average Bonchev–Trinajstić information content (AvgIpc) is 3.19. The highest BCUT2D eigenvalue weighted by Crippen LogP contribution is 2.34. The number of aryl methyl sites for hydroxylation is 1. The van der Waals surface area contributed by atoms with Gasteiger partial charge in [0.15, 0.2) is 5.69 Å². The van der Waals surface area contributed by atoms with Gasteiger partial charge < -0.3 is 21.7 Å². The van der Waals surface area contributed by atoms with Crippen molar-refractivity contribution in [3.05, 3.63) is 95.9 Å². The van der Waals surface area contributed by atoms with Crippen LogP contribution in [0.1, 0.15) is 23.9 Å². The van der Waals surface area contributed by atoms with Crippen molar-refractivity contribution in [2.24, 2.45) is 0 Å². The first-order valence-corrected chi connectivity index (χ1v) is 10.6. The fourth-order valence-corrected chi connectivity index (χ4v) is 4.35. The predicted octanol–water partition coefficient (Wildman–Crippen LogP) is 2.94. The van der Waals surface area contributed by atoms with Crippen molar-refractivity contribution < 1.29 is 39.5 Å². The van der Waals surface area contributed by atoms with Crippen LogP contribution in [0.25, 0.3) is 22.6 Å². The van der Waals surface area contributed by atoms with Crippen LogP contribution in [0.2, 0.25) is 0 Å². The summed E-state index contributed by atoms with van der Waals surface area (Å²) >= 11 is 0. The lowest BCUT2D eigenvalue weighted by Crippen LogP contribution is -3.00. The number of halogens is 4. The SMILES string of the molecule is CCOc1ccc(-c2c[n+]3c(n2-c2cccc(C(F)(F)F)c2)CCc2ccccc2-3)cc1.[Br-]. The summed E-state index contributed by atoms with van der Waals surface area (Å²) in [6.07, 6.45) is -0.822. The molecule has 0 spiro atoms. The van der Waals surface area contributed by atoms with Gasteiger partial charge in [0.2, 0.25) is 0 Å². The molecule has 170 valence electrons. The fraction of sp³-hybridized carbons (Fsp3) is 0.192. The molecular weight excluding hydrogens is 493 g/mol. The van der Waals surface area contributed by atoms with E-state index in [1.54, 1.807) is 6.07 Å². The number of fused-ring (bicyclic) bond motifs is 3. The molecule has 1 aliphatic heterocycles. The molecule has 0 aliphatic carbocycles. The number of benzene rings is 3. The highest BCUT2D eigenvalue weighted by molar-refractivity contribution is 5.63. The molecule has 0 radical (unpaired) electrons. The molecule has 0 saturated heterocycles. The third-order valence-electron chi connectivity index (χ3n) is 5.79. The minimum Gasteiger partial charge on any atom is -1.00 e. The lowest BCUT2D eigenvalue weighted by molar-refractivity contribution is -0.606. The van der Waals surface area contributed by atoms with E-state index in [0.29, 0.717) is 12.3 Å². The third-order valence-corrected chi connectivity index (χ3v) is 5.79. The zero-order valence-corrected chi connectivity index (χ0v) is 19.5. The van der Waals surface area contributed by atoms with Crippen LogP contribution in [0.4, 0.5) is 13.2 Å². The minimum atomic E-state index is -4.40. The highest BCUT2D eigenvalue weighted by atomic mass is 79.9. The molecule has 33 heavy (non-hydrogen) atoms. The molecule has 0 atom stereocenters. The first-order chi connectivity index (χ1) is 15.5. The molecular formula is C26H22BrF3N2O. The standard InChI is InChI=1S/C26H22F3N2O.BrH/c1-2-32-22-13-10-19(11-14-22)24-17-30-23-9-4-3-6-18(23)12-15-25(30)31(24)21-8-5-7-20(16-21)26(27,28)29;/h3-11,13-14,16-17H,2,12,15H2,1H3;1H/q+1;/p-1. The van der Waals surface area contributed by atoms with E-state index in [9.17, 15) is 13.2 Å². The van der Waals surface area contributed by atoms with Gasteiger partial charge in [0.05, 0.1) is 18.6 Å². The van der Waals surface area contributed by atoms with E-state index in [2.05, 4.69) is 16.7 Å². The van der Waals surface area contributed by atoms with Crippen molar-refractivity contribution in [2.75, 3.05) is 6.61 Å². The Morgan fingerprint density at radius 3 is 2.42 bits per heavy atom. The first-order valence-electron chi connectivity index (χ1n) is 10.6. The van der Waals surface area contributed by atoms with Crippen LogP contribution in [-0.4, -0.2) is 11.2 Å². The van der Waals surface area contributed by atoms with E-state index < -0.39 is 11.7 Å². The molecule has 1 aromatic heterocycles. The number of para-hydroxylation sites is 1. The van der Waals surface area contributed by atoms with Crippen LogP contribution in [0.15, 0.2) is 79.0 Å². The topological polar surface area (TPSA) is 18.0 Å². The van der Waals surface area contributed by atoms with Gasteiger partial charge in [-0.2, -0.15) is 22.3 Å². The predicted molar refractivity (Wildman–Crippen MR) is 116 cm³/mol. The molecule has 0 unspecified atom stereocenters. The molecule has 0 bridgehead atoms. The fourth-order valence-electron chi connectivity index (χ4n) is 4.35. The van der Waals surface area contributed by atoms with Crippen molar-refractivity contribution in [3.8, 4) is 28.4 Å². The summed E-state index contributed by atoms with van der Waals surface area (Å²) in [7, 11) is 0. The van der Waals surface area contributed by atoms with E-state index in [-0.39, 0.29) is 17.0 Å². The lowest BCUT2D eigenvalue weighted by atomic mass is 10.0. The van der Waals surface area contributed by atoms with Gasteiger partial charge in [-0.3, -0.25) is 0 Å². The van der Waals surface area contributed by atoms with E-state index in [1.165, 1.54) is 17.7 Å². The third kappa shape index (κ3) is 4.29. The number of hydrogen-bond donors (Lipinski definition) is 0. The summed E-state index contributed by atoms with van der Waals surface area (Å²) in [5.74, 6) is 1.71. The smallest absolute Gasteiger partial charge is 0.416 e. The maximum Gasteiger partial charge on any atom is 0.416 e.